The fourth-order valence-electron chi connectivity index (χ4n) is 2.27. The summed E-state index contributed by atoms with van der Waals surface area (Å²) in [6, 6.07) is 4.76. The van der Waals surface area contributed by atoms with E-state index in [1.165, 1.54) is 12.1 Å². The Labute approximate surface area is 93.0 Å². The van der Waals surface area contributed by atoms with E-state index in [9.17, 15) is 9.18 Å². The summed E-state index contributed by atoms with van der Waals surface area (Å²) >= 11 is 0. The van der Waals surface area contributed by atoms with Gasteiger partial charge in [0.25, 0.3) is 0 Å². The van der Waals surface area contributed by atoms with Crippen LogP contribution in [-0.4, -0.2) is 18.5 Å². The van der Waals surface area contributed by atoms with Crippen molar-refractivity contribution in [2.75, 3.05) is 11.4 Å². The number of carbonyl (C=O) groups excluding carboxylic acids is 1. The summed E-state index contributed by atoms with van der Waals surface area (Å²) in [7, 11) is 0. The first-order valence-corrected chi connectivity index (χ1v) is 5.49. The van der Waals surface area contributed by atoms with Crippen LogP contribution in [0.25, 0.3) is 0 Å². The second kappa shape index (κ2) is 3.28. The van der Waals surface area contributed by atoms with Crippen LogP contribution in [0.4, 0.5) is 10.1 Å². The van der Waals surface area contributed by atoms with Crippen molar-refractivity contribution >= 4 is 11.6 Å². The highest BCUT2D eigenvalue weighted by molar-refractivity contribution is 6.01. The van der Waals surface area contributed by atoms with Crippen molar-refractivity contribution in [1.82, 2.24) is 0 Å². The third-order valence-electron chi connectivity index (χ3n) is 3.37. The number of anilines is 1. The van der Waals surface area contributed by atoms with E-state index < -0.39 is 0 Å². The van der Waals surface area contributed by atoms with Crippen LogP contribution < -0.4 is 10.6 Å². The molecule has 0 saturated heterocycles. The van der Waals surface area contributed by atoms with Crippen molar-refractivity contribution in [1.29, 1.82) is 0 Å². The molecule has 2 N–H and O–H groups in total. The maximum absolute atomic E-state index is 13.0. The third kappa shape index (κ3) is 1.50. The molecule has 0 aromatic heterocycles. The van der Waals surface area contributed by atoms with E-state index in [4.69, 9.17) is 5.73 Å². The van der Waals surface area contributed by atoms with Crippen molar-refractivity contribution in [2.45, 2.75) is 18.9 Å². The molecule has 3 rings (SSSR count). The van der Waals surface area contributed by atoms with Crippen molar-refractivity contribution in [3.05, 3.63) is 29.6 Å². The Hall–Kier alpha value is -1.42. The lowest BCUT2D eigenvalue weighted by Crippen LogP contribution is -2.30. The predicted molar refractivity (Wildman–Crippen MR) is 58.5 cm³/mol. The second-order valence-electron chi connectivity index (χ2n) is 4.61. The van der Waals surface area contributed by atoms with Crippen LogP contribution in [0.1, 0.15) is 12.0 Å². The number of nitrogens with zero attached hydrogens (tertiary/aromatic N) is 1. The molecule has 0 bridgehead atoms. The lowest BCUT2D eigenvalue weighted by molar-refractivity contribution is -0.117. The molecule has 1 amide bonds. The molecule has 1 heterocycles. The van der Waals surface area contributed by atoms with Crippen LogP contribution in [0.5, 0.6) is 0 Å². The quantitative estimate of drug-likeness (QED) is 0.810. The van der Waals surface area contributed by atoms with E-state index in [0.717, 1.165) is 17.7 Å². The molecule has 1 aromatic rings. The van der Waals surface area contributed by atoms with Gasteiger partial charge in [0.15, 0.2) is 0 Å². The Bertz CT molecular complexity index is 460. The molecular formula is C12H13FN2O. The van der Waals surface area contributed by atoms with Gasteiger partial charge in [-0.3, -0.25) is 4.79 Å². The first-order valence-electron chi connectivity index (χ1n) is 5.49. The maximum atomic E-state index is 13.0. The lowest BCUT2D eigenvalue weighted by Gasteiger charge is -2.17. The Kier molecular flexibility index (Phi) is 2.01. The summed E-state index contributed by atoms with van der Waals surface area (Å²) in [6.07, 6.45) is 1.30. The average molecular weight is 220 g/mol. The van der Waals surface area contributed by atoms with Crippen molar-refractivity contribution < 1.29 is 9.18 Å². The van der Waals surface area contributed by atoms with Gasteiger partial charge in [0.05, 0.1) is 6.42 Å². The molecule has 3 nitrogen and oxygen atoms in total. The van der Waals surface area contributed by atoms with Crippen LogP contribution in [0, 0.1) is 11.7 Å². The first-order chi connectivity index (χ1) is 7.65. The molecule has 1 aliphatic heterocycles. The van der Waals surface area contributed by atoms with E-state index >= 15 is 0 Å². The summed E-state index contributed by atoms with van der Waals surface area (Å²) in [5.74, 6) is 0.191. The smallest absolute Gasteiger partial charge is 0.231 e. The normalized spacial score (nSPS) is 27.1. The molecule has 1 saturated carbocycles. The number of fused-ring (bicyclic) bond motifs is 1. The van der Waals surface area contributed by atoms with Gasteiger partial charge >= 0.3 is 0 Å². The van der Waals surface area contributed by atoms with E-state index in [1.54, 1.807) is 11.0 Å². The summed E-state index contributed by atoms with van der Waals surface area (Å²) in [4.78, 5) is 13.5. The minimum atomic E-state index is -0.281. The Morgan fingerprint density at radius 2 is 2.25 bits per heavy atom. The Morgan fingerprint density at radius 1 is 1.50 bits per heavy atom. The molecule has 1 fully saturated rings. The topological polar surface area (TPSA) is 46.3 Å². The summed E-state index contributed by atoms with van der Waals surface area (Å²) in [5.41, 5.74) is 7.38. The predicted octanol–water partition coefficient (Wildman–Crippen LogP) is 1.06. The summed E-state index contributed by atoms with van der Waals surface area (Å²) < 4.78 is 13.0. The third-order valence-corrected chi connectivity index (χ3v) is 3.37. The maximum Gasteiger partial charge on any atom is 0.231 e. The van der Waals surface area contributed by atoms with Gasteiger partial charge in [-0.05, 0) is 36.1 Å². The molecule has 2 atom stereocenters. The highest BCUT2D eigenvalue weighted by atomic mass is 19.1. The second-order valence-corrected chi connectivity index (χ2v) is 4.61. The number of hydrogen-bond donors (Lipinski definition) is 1. The van der Waals surface area contributed by atoms with Gasteiger partial charge in [-0.15, -0.1) is 0 Å². The molecule has 84 valence electrons. The van der Waals surface area contributed by atoms with E-state index in [0.29, 0.717) is 18.9 Å². The molecule has 1 aliphatic carbocycles. The van der Waals surface area contributed by atoms with Gasteiger partial charge in [-0.1, -0.05) is 0 Å². The van der Waals surface area contributed by atoms with Crippen LogP contribution in [0.2, 0.25) is 0 Å². The van der Waals surface area contributed by atoms with Gasteiger partial charge in [0.2, 0.25) is 5.91 Å². The molecular weight excluding hydrogens is 207 g/mol. The van der Waals surface area contributed by atoms with Gasteiger partial charge in [0.1, 0.15) is 5.82 Å². The zero-order valence-electron chi connectivity index (χ0n) is 8.82. The largest absolute Gasteiger partial charge is 0.327 e. The van der Waals surface area contributed by atoms with Gasteiger partial charge in [-0.25, -0.2) is 4.39 Å². The molecule has 0 spiro atoms. The number of carbonyl (C=O) groups is 1. The number of halogens is 1. The van der Waals surface area contributed by atoms with Gasteiger partial charge < -0.3 is 10.6 Å². The molecule has 2 unspecified atom stereocenters. The van der Waals surface area contributed by atoms with Crippen LogP contribution in [0.3, 0.4) is 0 Å². The van der Waals surface area contributed by atoms with E-state index in [-0.39, 0.29) is 17.8 Å². The minimum absolute atomic E-state index is 0.0553. The van der Waals surface area contributed by atoms with Crippen LogP contribution in [-0.2, 0) is 11.2 Å². The molecule has 16 heavy (non-hydrogen) atoms. The zero-order valence-corrected chi connectivity index (χ0v) is 8.82. The van der Waals surface area contributed by atoms with E-state index in [1.807, 2.05) is 0 Å². The van der Waals surface area contributed by atoms with Crippen molar-refractivity contribution in [3.8, 4) is 0 Å². The van der Waals surface area contributed by atoms with E-state index in [2.05, 4.69) is 0 Å². The fraction of sp³-hybridized carbons (Fsp3) is 0.417. The van der Waals surface area contributed by atoms with Crippen molar-refractivity contribution in [2.24, 2.45) is 11.7 Å². The average Bonchev–Trinajstić information content (AvgIpc) is 2.82. The lowest BCUT2D eigenvalue weighted by atomic mass is 10.1. The van der Waals surface area contributed by atoms with Crippen molar-refractivity contribution in [3.63, 3.8) is 0 Å². The summed E-state index contributed by atoms with van der Waals surface area (Å²) in [5, 5.41) is 0. The number of benzene rings is 1. The fourth-order valence-corrected chi connectivity index (χ4v) is 2.27. The molecule has 4 heteroatoms. The molecule has 2 aliphatic rings. The number of amides is 1. The zero-order chi connectivity index (χ0) is 11.3. The first kappa shape index (κ1) is 9.78. The van der Waals surface area contributed by atoms with Crippen LogP contribution in [0.15, 0.2) is 18.2 Å². The van der Waals surface area contributed by atoms with Gasteiger partial charge in [-0.2, -0.15) is 0 Å². The highest BCUT2D eigenvalue weighted by Gasteiger charge is 2.38. The van der Waals surface area contributed by atoms with Crippen LogP contribution >= 0.6 is 0 Å². The van der Waals surface area contributed by atoms with Gasteiger partial charge in [0, 0.05) is 18.3 Å². The Balaban J connectivity index is 1.87. The monoisotopic (exact) mass is 220 g/mol. The number of hydrogen-bond acceptors (Lipinski definition) is 2. The summed E-state index contributed by atoms with van der Waals surface area (Å²) in [6.45, 7) is 0.679. The number of nitrogens with two attached hydrogens (primary N) is 1. The minimum Gasteiger partial charge on any atom is -0.327 e. The SMILES string of the molecule is NC1CC1CN1C(=O)Cc2cc(F)ccc21. The molecule has 1 aromatic carbocycles. The standard InChI is InChI=1S/C12H13FN2O/c13-9-1-2-11-7(3-9)5-12(16)15(11)6-8-4-10(8)14/h1-3,8,10H,4-6,14H2. The Morgan fingerprint density at radius 3 is 2.94 bits per heavy atom. The number of rotatable bonds is 2. The molecule has 0 radical (unpaired) electrons. The highest BCUT2D eigenvalue weighted by Crippen LogP contribution is 2.35.